The van der Waals surface area contributed by atoms with Gasteiger partial charge in [-0.1, -0.05) is 29.3 Å². The highest BCUT2D eigenvalue weighted by atomic mass is 35.5. The third-order valence-electron chi connectivity index (χ3n) is 2.71. The average Bonchev–Trinajstić information content (AvgIpc) is 2.29. The summed E-state index contributed by atoms with van der Waals surface area (Å²) in [6.45, 7) is 1.11. The molecular formula is C12H14Cl2O3. The van der Waals surface area contributed by atoms with E-state index in [9.17, 15) is 5.11 Å². The van der Waals surface area contributed by atoms with E-state index < -0.39 is 5.60 Å². The zero-order valence-corrected chi connectivity index (χ0v) is 10.8. The maximum absolute atomic E-state index is 10.2. The minimum Gasteiger partial charge on any atom is -0.487 e. The van der Waals surface area contributed by atoms with Crippen molar-refractivity contribution in [3.63, 3.8) is 0 Å². The molecule has 1 saturated heterocycles. The molecule has 5 heteroatoms. The molecule has 94 valence electrons. The Labute approximate surface area is 110 Å². The summed E-state index contributed by atoms with van der Waals surface area (Å²) < 4.78 is 10.8. The molecule has 1 heterocycles. The van der Waals surface area contributed by atoms with Crippen molar-refractivity contribution in [3.05, 3.63) is 28.2 Å². The van der Waals surface area contributed by atoms with Gasteiger partial charge in [0.25, 0.3) is 0 Å². The Balaban J connectivity index is 2.02. The Kier molecular flexibility index (Phi) is 4.15. The van der Waals surface area contributed by atoms with Gasteiger partial charge in [-0.05, 0) is 25.0 Å². The van der Waals surface area contributed by atoms with Crippen molar-refractivity contribution < 1.29 is 14.6 Å². The summed E-state index contributed by atoms with van der Waals surface area (Å²) in [6.07, 6.45) is 1.49. The van der Waals surface area contributed by atoms with Crippen molar-refractivity contribution in [2.75, 3.05) is 19.8 Å². The first-order valence-electron chi connectivity index (χ1n) is 5.48. The highest BCUT2D eigenvalue weighted by Crippen LogP contribution is 2.33. The molecule has 1 N–H and O–H groups in total. The van der Waals surface area contributed by atoms with Gasteiger partial charge in [0.2, 0.25) is 0 Å². The highest BCUT2D eigenvalue weighted by molar-refractivity contribution is 6.37. The molecular weight excluding hydrogens is 263 g/mol. The van der Waals surface area contributed by atoms with E-state index in [1.807, 2.05) is 0 Å². The third-order valence-corrected chi connectivity index (χ3v) is 3.30. The number of aliphatic hydroxyl groups is 1. The molecule has 1 atom stereocenters. The number of rotatable bonds is 3. The molecule has 0 amide bonds. The summed E-state index contributed by atoms with van der Waals surface area (Å²) >= 11 is 11.9. The molecule has 1 aliphatic rings. The molecule has 1 unspecified atom stereocenters. The molecule has 0 aliphatic carbocycles. The van der Waals surface area contributed by atoms with E-state index in [-0.39, 0.29) is 13.2 Å². The van der Waals surface area contributed by atoms with Crippen molar-refractivity contribution in [3.8, 4) is 5.75 Å². The fourth-order valence-corrected chi connectivity index (χ4v) is 2.28. The average molecular weight is 277 g/mol. The van der Waals surface area contributed by atoms with E-state index in [2.05, 4.69) is 0 Å². The van der Waals surface area contributed by atoms with Gasteiger partial charge in [0.1, 0.15) is 12.2 Å². The number of para-hydroxylation sites is 1. The Morgan fingerprint density at radius 1 is 1.35 bits per heavy atom. The van der Waals surface area contributed by atoms with E-state index in [0.717, 1.165) is 6.42 Å². The Morgan fingerprint density at radius 2 is 2.06 bits per heavy atom. The molecule has 0 bridgehead atoms. The monoisotopic (exact) mass is 276 g/mol. The fraction of sp³-hybridized carbons (Fsp3) is 0.500. The van der Waals surface area contributed by atoms with Gasteiger partial charge in [0, 0.05) is 6.61 Å². The highest BCUT2D eigenvalue weighted by Gasteiger charge is 2.31. The zero-order chi connectivity index (χ0) is 12.3. The van der Waals surface area contributed by atoms with Crippen molar-refractivity contribution in [2.24, 2.45) is 0 Å². The summed E-state index contributed by atoms with van der Waals surface area (Å²) in [6, 6.07) is 5.14. The van der Waals surface area contributed by atoms with Crippen LogP contribution in [-0.4, -0.2) is 30.5 Å². The van der Waals surface area contributed by atoms with Gasteiger partial charge in [-0.3, -0.25) is 0 Å². The maximum atomic E-state index is 10.2. The topological polar surface area (TPSA) is 38.7 Å². The first kappa shape index (κ1) is 13.0. The normalized spacial score (nSPS) is 24.6. The molecule has 0 radical (unpaired) electrons. The Hall–Kier alpha value is -0.480. The van der Waals surface area contributed by atoms with Crippen LogP contribution in [0.5, 0.6) is 5.75 Å². The standard InChI is InChI=1S/C12H14Cl2O3/c13-9-3-1-4-10(14)11(9)17-8-12(15)5-2-6-16-7-12/h1,3-4,15H,2,5-8H2. The minimum absolute atomic E-state index is 0.135. The molecule has 17 heavy (non-hydrogen) atoms. The van der Waals surface area contributed by atoms with Gasteiger partial charge >= 0.3 is 0 Å². The minimum atomic E-state index is -0.944. The van der Waals surface area contributed by atoms with Crippen molar-refractivity contribution >= 4 is 23.2 Å². The molecule has 3 nitrogen and oxygen atoms in total. The summed E-state index contributed by atoms with van der Waals surface area (Å²) in [5.74, 6) is 0.412. The van der Waals surface area contributed by atoms with Crippen LogP contribution < -0.4 is 4.74 Å². The summed E-state index contributed by atoms with van der Waals surface area (Å²) in [7, 11) is 0. The second kappa shape index (κ2) is 5.44. The van der Waals surface area contributed by atoms with E-state index in [1.165, 1.54) is 0 Å². The van der Waals surface area contributed by atoms with Gasteiger partial charge in [-0.2, -0.15) is 0 Å². The second-order valence-electron chi connectivity index (χ2n) is 4.22. The summed E-state index contributed by atoms with van der Waals surface area (Å²) in [4.78, 5) is 0. The van der Waals surface area contributed by atoms with Gasteiger partial charge < -0.3 is 14.6 Å². The first-order chi connectivity index (χ1) is 8.11. The zero-order valence-electron chi connectivity index (χ0n) is 9.29. The molecule has 1 aliphatic heterocycles. The third kappa shape index (κ3) is 3.26. The quantitative estimate of drug-likeness (QED) is 0.923. The summed E-state index contributed by atoms with van der Waals surface area (Å²) in [5, 5.41) is 11.1. The van der Waals surface area contributed by atoms with Gasteiger partial charge in [0.05, 0.1) is 16.7 Å². The largest absolute Gasteiger partial charge is 0.487 e. The number of hydrogen-bond acceptors (Lipinski definition) is 3. The van der Waals surface area contributed by atoms with Crippen LogP contribution in [0.4, 0.5) is 0 Å². The van der Waals surface area contributed by atoms with Crippen LogP contribution in [-0.2, 0) is 4.74 Å². The SMILES string of the molecule is OC1(COc2c(Cl)cccc2Cl)CCCOC1. The Morgan fingerprint density at radius 3 is 2.65 bits per heavy atom. The lowest BCUT2D eigenvalue weighted by atomic mass is 9.98. The predicted molar refractivity (Wildman–Crippen MR) is 67.0 cm³/mol. The van der Waals surface area contributed by atoms with Crippen LogP contribution in [0.3, 0.4) is 0 Å². The molecule has 2 rings (SSSR count). The fourth-order valence-electron chi connectivity index (χ4n) is 1.78. The smallest absolute Gasteiger partial charge is 0.156 e. The van der Waals surface area contributed by atoms with Gasteiger partial charge in [-0.25, -0.2) is 0 Å². The molecule has 1 aromatic rings. The van der Waals surface area contributed by atoms with Gasteiger partial charge in [0.15, 0.2) is 5.75 Å². The lowest BCUT2D eigenvalue weighted by Crippen LogP contribution is -2.44. The van der Waals surface area contributed by atoms with E-state index in [0.29, 0.717) is 28.8 Å². The van der Waals surface area contributed by atoms with Crippen molar-refractivity contribution in [1.29, 1.82) is 0 Å². The number of hydrogen-bond donors (Lipinski definition) is 1. The lowest BCUT2D eigenvalue weighted by Gasteiger charge is -2.31. The van der Waals surface area contributed by atoms with Gasteiger partial charge in [-0.15, -0.1) is 0 Å². The van der Waals surface area contributed by atoms with Crippen LogP contribution >= 0.6 is 23.2 Å². The van der Waals surface area contributed by atoms with Crippen LogP contribution in [0.15, 0.2) is 18.2 Å². The van der Waals surface area contributed by atoms with Crippen LogP contribution in [0, 0.1) is 0 Å². The maximum Gasteiger partial charge on any atom is 0.156 e. The van der Waals surface area contributed by atoms with Crippen molar-refractivity contribution in [2.45, 2.75) is 18.4 Å². The molecule has 1 aromatic carbocycles. The Bertz CT molecular complexity index is 369. The van der Waals surface area contributed by atoms with Crippen molar-refractivity contribution in [1.82, 2.24) is 0 Å². The van der Waals surface area contributed by atoms with Crippen LogP contribution in [0.25, 0.3) is 0 Å². The van der Waals surface area contributed by atoms with Crippen LogP contribution in [0.2, 0.25) is 10.0 Å². The van der Waals surface area contributed by atoms with Crippen LogP contribution in [0.1, 0.15) is 12.8 Å². The lowest BCUT2D eigenvalue weighted by molar-refractivity contribution is -0.105. The van der Waals surface area contributed by atoms with E-state index in [1.54, 1.807) is 18.2 Å². The predicted octanol–water partition coefficient (Wildman–Crippen LogP) is 2.91. The van der Waals surface area contributed by atoms with E-state index in [4.69, 9.17) is 32.7 Å². The number of ether oxygens (including phenoxy) is 2. The van der Waals surface area contributed by atoms with E-state index >= 15 is 0 Å². The second-order valence-corrected chi connectivity index (χ2v) is 5.03. The number of benzene rings is 1. The molecule has 0 saturated carbocycles. The molecule has 0 spiro atoms. The molecule has 1 fully saturated rings. The number of halogens is 2. The molecule has 0 aromatic heterocycles. The first-order valence-corrected chi connectivity index (χ1v) is 6.23. The summed E-state index contributed by atoms with van der Waals surface area (Å²) in [5.41, 5.74) is -0.944.